The molecular formula is C18H24N2O2. The van der Waals surface area contributed by atoms with Crippen molar-refractivity contribution in [1.82, 2.24) is 10.6 Å². The van der Waals surface area contributed by atoms with Gasteiger partial charge in [-0.2, -0.15) is 0 Å². The Bertz CT molecular complexity index is 577. The second-order valence-corrected chi connectivity index (χ2v) is 5.82. The Morgan fingerprint density at radius 3 is 2.77 bits per heavy atom. The third-order valence-electron chi connectivity index (χ3n) is 3.42. The van der Waals surface area contributed by atoms with Gasteiger partial charge in [0.1, 0.15) is 5.76 Å². The number of hydrogen-bond donors (Lipinski definition) is 2. The first kappa shape index (κ1) is 16.3. The molecule has 0 fully saturated rings. The smallest absolute Gasteiger partial charge is 0.251 e. The molecule has 0 saturated heterocycles. The molecule has 0 spiro atoms. The van der Waals surface area contributed by atoms with Crippen LogP contribution in [0.3, 0.4) is 0 Å². The van der Waals surface area contributed by atoms with E-state index in [1.54, 1.807) is 6.26 Å². The highest BCUT2D eigenvalue weighted by Gasteiger charge is 2.07. The van der Waals surface area contributed by atoms with Crippen molar-refractivity contribution in [2.24, 2.45) is 5.92 Å². The van der Waals surface area contributed by atoms with E-state index in [4.69, 9.17) is 4.42 Å². The standard InChI is InChI=1S/C18H24N2O2/c1-14(2)8-9-19-12-15-5-3-6-16(11-15)18(21)20-13-17-7-4-10-22-17/h3-7,10-11,14,19H,8-9,12-13H2,1-2H3,(H,20,21). The molecular weight excluding hydrogens is 276 g/mol. The van der Waals surface area contributed by atoms with E-state index >= 15 is 0 Å². The van der Waals surface area contributed by atoms with E-state index in [9.17, 15) is 4.79 Å². The van der Waals surface area contributed by atoms with Crippen molar-refractivity contribution in [2.75, 3.05) is 6.54 Å². The molecule has 0 saturated carbocycles. The molecule has 118 valence electrons. The first-order chi connectivity index (χ1) is 10.6. The van der Waals surface area contributed by atoms with Gasteiger partial charge in [0.05, 0.1) is 12.8 Å². The Morgan fingerprint density at radius 2 is 2.05 bits per heavy atom. The molecule has 2 rings (SSSR count). The minimum Gasteiger partial charge on any atom is -0.467 e. The molecule has 0 aliphatic rings. The van der Waals surface area contributed by atoms with Crippen LogP contribution in [0.25, 0.3) is 0 Å². The van der Waals surface area contributed by atoms with E-state index in [2.05, 4.69) is 24.5 Å². The molecule has 0 radical (unpaired) electrons. The zero-order valence-electron chi connectivity index (χ0n) is 13.3. The summed E-state index contributed by atoms with van der Waals surface area (Å²) in [5, 5.41) is 6.26. The molecule has 2 N–H and O–H groups in total. The molecule has 0 aliphatic carbocycles. The molecule has 1 heterocycles. The van der Waals surface area contributed by atoms with Crippen LogP contribution < -0.4 is 10.6 Å². The normalized spacial score (nSPS) is 10.9. The van der Waals surface area contributed by atoms with Crippen molar-refractivity contribution in [1.29, 1.82) is 0 Å². The van der Waals surface area contributed by atoms with Crippen molar-refractivity contribution in [3.05, 3.63) is 59.5 Å². The summed E-state index contributed by atoms with van der Waals surface area (Å²) in [6.07, 6.45) is 2.76. The Labute approximate surface area is 131 Å². The van der Waals surface area contributed by atoms with E-state index in [0.29, 0.717) is 18.0 Å². The second-order valence-electron chi connectivity index (χ2n) is 5.82. The second kappa shape index (κ2) is 8.39. The van der Waals surface area contributed by atoms with Crippen LogP contribution in [0.15, 0.2) is 47.1 Å². The molecule has 4 nitrogen and oxygen atoms in total. The summed E-state index contributed by atoms with van der Waals surface area (Å²) in [7, 11) is 0. The molecule has 22 heavy (non-hydrogen) atoms. The van der Waals surface area contributed by atoms with Gasteiger partial charge in [-0.05, 0) is 48.7 Å². The Hall–Kier alpha value is -2.07. The number of hydrogen-bond acceptors (Lipinski definition) is 3. The number of amides is 1. The minimum absolute atomic E-state index is 0.0829. The third-order valence-corrected chi connectivity index (χ3v) is 3.42. The van der Waals surface area contributed by atoms with Crippen molar-refractivity contribution >= 4 is 5.91 Å². The average Bonchev–Trinajstić information content (AvgIpc) is 3.03. The van der Waals surface area contributed by atoms with Gasteiger partial charge in [-0.1, -0.05) is 26.0 Å². The number of furan rings is 1. The molecule has 0 atom stereocenters. The maximum atomic E-state index is 12.1. The monoisotopic (exact) mass is 300 g/mol. The summed E-state index contributed by atoms with van der Waals surface area (Å²) in [4.78, 5) is 12.1. The number of nitrogens with one attached hydrogen (secondary N) is 2. The van der Waals surface area contributed by atoms with Crippen LogP contribution in [0.2, 0.25) is 0 Å². The largest absolute Gasteiger partial charge is 0.467 e. The van der Waals surface area contributed by atoms with E-state index in [0.717, 1.165) is 30.8 Å². The van der Waals surface area contributed by atoms with Crippen LogP contribution >= 0.6 is 0 Å². The van der Waals surface area contributed by atoms with Gasteiger partial charge in [0.15, 0.2) is 0 Å². The predicted octanol–water partition coefficient (Wildman–Crippen LogP) is 3.35. The number of carbonyl (C=O) groups is 1. The summed E-state index contributed by atoms with van der Waals surface area (Å²) >= 11 is 0. The van der Waals surface area contributed by atoms with Crippen LogP contribution in [0.1, 0.15) is 41.9 Å². The molecule has 1 aromatic heterocycles. The third kappa shape index (κ3) is 5.37. The highest BCUT2D eigenvalue weighted by Crippen LogP contribution is 2.07. The average molecular weight is 300 g/mol. The molecule has 4 heteroatoms. The first-order valence-corrected chi connectivity index (χ1v) is 7.75. The number of carbonyl (C=O) groups excluding carboxylic acids is 1. The van der Waals surface area contributed by atoms with Gasteiger partial charge in [-0.3, -0.25) is 4.79 Å². The quantitative estimate of drug-likeness (QED) is 0.735. The highest BCUT2D eigenvalue weighted by molar-refractivity contribution is 5.94. The van der Waals surface area contributed by atoms with Gasteiger partial charge in [0.2, 0.25) is 0 Å². The number of rotatable bonds is 8. The maximum absolute atomic E-state index is 12.1. The topological polar surface area (TPSA) is 54.3 Å². The molecule has 1 amide bonds. The van der Waals surface area contributed by atoms with E-state index in [1.807, 2.05) is 36.4 Å². The van der Waals surface area contributed by atoms with Crippen LogP contribution in [0.5, 0.6) is 0 Å². The maximum Gasteiger partial charge on any atom is 0.251 e. The van der Waals surface area contributed by atoms with Crippen LogP contribution in [0, 0.1) is 5.92 Å². The predicted molar refractivity (Wildman–Crippen MR) is 87.5 cm³/mol. The number of benzene rings is 1. The van der Waals surface area contributed by atoms with E-state index in [1.165, 1.54) is 0 Å². The fourth-order valence-corrected chi connectivity index (χ4v) is 2.13. The summed E-state index contributed by atoms with van der Waals surface area (Å²) in [5.41, 5.74) is 1.80. The fourth-order valence-electron chi connectivity index (χ4n) is 2.13. The molecule has 0 bridgehead atoms. The summed E-state index contributed by atoms with van der Waals surface area (Å²) in [5.74, 6) is 1.37. The summed E-state index contributed by atoms with van der Waals surface area (Å²) in [6, 6.07) is 11.4. The lowest BCUT2D eigenvalue weighted by atomic mass is 10.1. The molecule has 1 aromatic carbocycles. The Kier molecular flexibility index (Phi) is 6.22. The van der Waals surface area contributed by atoms with Crippen LogP contribution in [0.4, 0.5) is 0 Å². The lowest BCUT2D eigenvalue weighted by Gasteiger charge is -2.09. The van der Waals surface area contributed by atoms with Crippen molar-refractivity contribution in [3.63, 3.8) is 0 Å². The summed E-state index contributed by atoms with van der Waals surface area (Å²) < 4.78 is 5.20. The van der Waals surface area contributed by atoms with E-state index < -0.39 is 0 Å². The minimum atomic E-state index is -0.0829. The van der Waals surface area contributed by atoms with Gasteiger partial charge in [0, 0.05) is 12.1 Å². The first-order valence-electron chi connectivity index (χ1n) is 7.75. The Balaban J connectivity index is 1.83. The van der Waals surface area contributed by atoms with Gasteiger partial charge < -0.3 is 15.1 Å². The zero-order valence-corrected chi connectivity index (χ0v) is 13.3. The van der Waals surface area contributed by atoms with Gasteiger partial charge >= 0.3 is 0 Å². The SMILES string of the molecule is CC(C)CCNCc1cccc(C(=O)NCc2ccco2)c1. The lowest BCUT2D eigenvalue weighted by Crippen LogP contribution is -2.23. The summed E-state index contributed by atoms with van der Waals surface area (Å²) in [6.45, 7) is 6.61. The lowest BCUT2D eigenvalue weighted by molar-refractivity contribution is 0.0948. The van der Waals surface area contributed by atoms with Gasteiger partial charge in [-0.15, -0.1) is 0 Å². The molecule has 0 unspecified atom stereocenters. The van der Waals surface area contributed by atoms with Gasteiger partial charge in [0.25, 0.3) is 5.91 Å². The molecule has 0 aliphatic heterocycles. The van der Waals surface area contributed by atoms with Gasteiger partial charge in [-0.25, -0.2) is 0 Å². The van der Waals surface area contributed by atoms with E-state index in [-0.39, 0.29) is 5.91 Å². The Morgan fingerprint density at radius 1 is 1.18 bits per heavy atom. The zero-order chi connectivity index (χ0) is 15.8. The van der Waals surface area contributed by atoms with Crippen LogP contribution in [-0.4, -0.2) is 12.5 Å². The fraction of sp³-hybridized carbons (Fsp3) is 0.389. The van der Waals surface area contributed by atoms with Crippen molar-refractivity contribution in [2.45, 2.75) is 33.4 Å². The van der Waals surface area contributed by atoms with Crippen LogP contribution in [-0.2, 0) is 13.1 Å². The highest BCUT2D eigenvalue weighted by atomic mass is 16.3. The molecule has 2 aromatic rings. The van der Waals surface area contributed by atoms with Crippen molar-refractivity contribution in [3.8, 4) is 0 Å². The van der Waals surface area contributed by atoms with Crippen molar-refractivity contribution < 1.29 is 9.21 Å².